The molecular formula is C19H19Cl3O2. The molecule has 2 nitrogen and oxygen atoms in total. The van der Waals surface area contributed by atoms with Crippen molar-refractivity contribution in [1.82, 2.24) is 0 Å². The zero-order chi connectivity index (χ0) is 17.6. The predicted octanol–water partition coefficient (Wildman–Crippen LogP) is 6.95. The van der Waals surface area contributed by atoms with Gasteiger partial charge in [-0.05, 0) is 55.0 Å². The van der Waals surface area contributed by atoms with Gasteiger partial charge in [0.05, 0.1) is 6.61 Å². The smallest absolute Gasteiger partial charge is 0.127 e. The van der Waals surface area contributed by atoms with Gasteiger partial charge in [0.15, 0.2) is 0 Å². The van der Waals surface area contributed by atoms with Crippen molar-refractivity contribution in [3.05, 3.63) is 69.9 Å². The van der Waals surface area contributed by atoms with Crippen LogP contribution in [0.2, 0.25) is 10.0 Å². The number of benzene rings is 2. The fraction of sp³-hybridized carbons (Fsp3) is 0.263. The molecule has 0 bridgehead atoms. The zero-order valence-corrected chi connectivity index (χ0v) is 15.8. The fourth-order valence-electron chi connectivity index (χ4n) is 2.02. The summed E-state index contributed by atoms with van der Waals surface area (Å²) in [5, 5.41) is 1.35. The summed E-state index contributed by atoms with van der Waals surface area (Å²) in [6.07, 6.45) is 0.738. The molecule has 0 aliphatic rings. The lowest BCUT2D eigenvalue weighted by atomic mass is 9.88. The van der Waals surface area contributed by atoms with Crippen LogP contribution in [0.1, 0.15) is 20.3 Å². The Morgan fingerprint density at radius 1 is 0.917 bits per heavy atom. The Kier molecular flexibility index (Phi) is 6.85. The third kappa shape index (κ3) is 5.62. The molecule has 0 saturated heterocycles. The fourth-order valence-corrected chi connectivity index (χ4v) is 2.61. The number of hydrogen-bond acceptors (Lipinski definition) is 2. The van der Waals surface area contributed by atoms with E-state index in [0.29, 0.717) is 28.2 Å². The van der Waals surface area contributed by atoms with E-state index in [4.69, 9.17) is 44.3 Å². The highest BCUT2D eigenvalue weighted by molar-refractivity contribution is 6.30. The Labute approximate surface area is 157 Å². The van der Waals surface area contributed by atoms with Crippen LogP contribution >= 0.6 is 34.8 Å². The molecule has 0 fully saturated rings. The van der Waals surface area contributed by atoms with Crippen molar-refractivity contribution in [2.24, 2.45) is 5.41 Å². The van der Waals surface area contributed by atoms with Crippen LogP contribution in [0.3, 0.4) is 0 Å². The number of rotatable bonds is 7. The molecule has 0 radical (unpaired) electrons. The first-order chi connectivity index (χ1) is 11.4. The number of hydrogen-bond donors (Lipinski definition) is 0. The van der Waals surface area contributed by atoms with E-state index in [-0.39, 0.29) is 5.41 Å². The van der Waals surface area contributed by atoms with Crippen LogP contribution in [0.25, 0.3) is 0 Å². The van der Waals surface area contributed by atoms with E-state index < -0.39 is 0 Å². The van der Waals surface area contributed by atoms with Crippen LogP contribution in [0.15, 0.2) is 59.8 Å². The van der Waals surface area contributed by atoms with Gasteiger partial charge < -0.3 is 9.47 Å². The maximum absolute atomic E-state index is 5.98. The Morgan fingerprint density at radius 2 is 1.42 bits per heavy atom. The molecule has 128 valence electrons. The molecule has 0 saturated carbocycles. The van der Waals surface area contributed by atoms with Crippen molar-refractivity contribution in [2.45, 2.75) is 20.3 Å². The maximum Gasteiger partial charge on any atom is 0.127 e. The highest BCUT2D eigenvalue weighted by atomic mass is 35.5. The maximum atomic E-state index is 5.98. The molecular weight excluding hydrogens is 367 g/mol. The van der Waals surface area contributed by atoms with E-state index in [1.54, 1.807) is 24.3 Å². The van der Waals surface area contributed by atoms with Gasteiger partial charge in [-0.2, -0.15) is 0 Å². The van der Waals surface area contributed by atoms with Crippen molar-refractivity contribution < 1.29 is 9.47 Å². The molecule has 0 aliphatic heterocycles. The van der Waals surface area contributed by atoms with Crippen LogP contribution in [0.4, 0.5) is 0 Å². The molecule has 0 unspecified atom stereocenters. The Morgan fingerprint density at radius 3 is 1.92 bits per heavy atom. The third-order valence-corrected chi connectivity index (χ3v) is 4.32. The van der Waals surface area contributed by atoms with Gasteiger partial charge in [0.2, 0.25) is 0 Å². The molecule has 0 amide bonds. The largest absolute Gasteiger partial charge is 0.494 e. The first-order valence-electron chi connectivity index (χ1n) is 7.53. The third-order valence-electron chi connectivity index (χ3n) is 3.62. The average Bonchev–Trinajstić information content (AvgIpc) is 2.56. The molecule has 0 aliphatic carbocycles. The van der Waals surface area contributed by atoms with Crippen molar-refractivity contribution >= 4 is 34.8 Å². The molecule has 5 heteroatoms. The summed E-state index contributed by atoms with van der Waals surface area (Å²) >= 11 is 17.7. The van der Waals surface area contributed by atoms with Crippen molar-refractivity contribution in [1.29, 1.82) is 0 Å². The predicted molar refractivity (Wildman–Crippen MR) is 101 cm³/mol. The van der Waals surface area contributed by atoms with Gasteiger partial charge in [-0.3, -0.25) is 0 Å². The normalized spacial score (nSPS) is 12.1. The summed E-state index contributed by atoms with van der Waals surface area (Å²) in [7, 11) is 0. The van der Waals surface area contributed by atoms with Gasteiger partial charge in [0.25, 0.3) is 0 Å². The minimum absolute atomic E-state index is 0.284. The Hall–Kier alpha value is -1.35. The van der Waals surface area contributed by atoms with E-state index in [1.165, 1.54) is 5.54 Å². The zero-order valence-electron chi connectivity index (χ0n) is 13.6. The summed E-state index contributed by atoms with van der Waals surface area (Å²) in [5.41, 5.74) is 1.19. The molecule has 0 aromatic heterocycles. The van der Waals surface area contributed by atoms with E-state index in [0.717, 1.165) is 12.2 Å². The highest BCUT2D eigenvalue weighted by Gasteiger charge is 2.26. The monoisotopic (exact) mass is 384 g/mol. The average molecular weight is 386 g/mol. The summed E-state index contributed by atoms with van der Waals surface area (Å²) in [6.45, 7) is 4.65. The van der Waals surface area contributed by atoms with Crippen LogP contribution in [0.5, 0.6) is 11.5 Å². The van der Waals surface area contributed by atoms with Crippen LogP contribution < -0.4 is 9.47 Å². The molecule has 0 N–H and O–H groups in total. The number of halogens is 3. The van der Waals surface area contributed by atoms with Crippen molar-refractivity contribution in [3.8, 4) is 11.5 Å². The molecule has 2 rings (SSSR count). The molecule has 2 aromatic carbocycles. The van der Waals surface area contributed by atoms with E-state index >= 15 is 0 Å². The summed E-state index contributed by atoms with van der Waals surface area (Å²) < 4.78 is 11.7. The minimum Gasteiger partial charge on any atom is -0.494 e. The quantitative estimate of drug-likeness (QED) is 0.480. The van der Waals surface area contributed by atoms with Gasteiger partial charge in [0, 0.05) is 21.0 Å². The molecule has 0 atom stereocenters. The lowest BCUT2D eigenvalue weighted by molar-refractivity contribution is 0.206. The topological polar surface area (TPSA) is 18.5 Å². The second-order valence-electron chi connectivity index (χ2n) is 5.97. The first kappa shape index (κ1) is 19.0. The minimum atomic E-state index is -0.284. The van der Waals surface area contributed by atoms with E-state index in [9.17, 15) is 0 Å². The van der Waals surface area contributed by atoms with Gasteiger partial charge >= 0.3 is 0 Å². The number of ether oxygens (including phenoxy) is 2. The highest BCUT2D eigenvalue weighted by Crippen LogP contribution is 2.33. The van der Waals surface area contributed by atoms with Crippen LogP contribution in [0, 0.1) is 5.41 Å². The van der Waals surface area contributed by atoms with Crippen molar-refractivity contribution in [3.63, 3.8) is 0 Å². The lowest BCUT2D eigenvalue weighted by Gasteiger charge is -2.27. The van der Waals surface area contributed by atoms with E-state index in [2.05, 4.69) is 13.8 Å². The van der Waals surface area contributed by atoms with Gasteiger partial charge in [-0.15, -0.1) is 0 Å². The van der Waals surface area contributed by atoms with Gasteiger partial charge in [-0.1, -0.05) is 48.7 Å². The summed E-state index contributed by atoms with van der Waals surface area (Å²) in [6, 6.07) is 14.5. The second kappa shape index (κ2) is 8.66. The van der Waals surface area contributed by atoms with E-state index in [1.807, 2.05) is 24.3 Å². The standard InChI is InChI=1S/C19H19Cl3O2/c1-19(2,11-12-23-16-7-3-14(21)4-8-16)18(13-20)24-17-9-5-15(22)6-10-17/h3-10,13H,11-12H2,1-2H3/b18-13-. The van der Waals surface area contributed by atoms with Crippen LogP contribution in [-0.4, -0.2) is 6.61 Å². The molecule has 2 aromatic rings. The van der Waals surface area contributed by atoms with Gasteiger partial charge in [0.1, 0.15) is 17.3 Å². The SMILES string of the molecule is CC(C)(CCOc1ccc(Cl)cc1)/C(=C/Cl)Oc1ccc(Cl)cc1. The second-order valence-corrected chi connectivity index (χ2v) is 7.06. The summed E-state index contributed by atoms with van der Waals surface area (Å²) in [5.74, 6) is 2.15. The molecule has 0 heterocycles. The lowest BCUT2D eigenvalue weighted by Crippen LogP contribution is -2.22. The Balaban J connectivity index is 1.93. The first-order valence-corrected chi connectivity index (χ1v) is 8.72. The number of allylic oxidation sites excluding steroid dienone is 1. The molecule has 24 heavy (non-hydrogen) atoms. The Bertz CT molecular complexity index is 677. The van der Waals surface area contributed by atoms with Crippen LogP contribution in [-0.2, 0) is 0 Å². The summed E-state index contributed by atoms with van der Waals surface area (Å²) in [4.78, 5) is 0. The molecule has 0 spiro atoms. The van der Waals surface area contributed by atoms with Gasteiger partial charge in [-0.25, -0.2) is 0 Å². The van der Waals surface area contributed by atoms with Crippen molar-refractivity contribution in [2.75, 3.05) is 6.61 Å².